The maximum absolute atomic E-state index is 5.34. The molecule has 2 aliphatic heterocycles. The Hall–Kier alpha value is -2.18. The minimum Gasteiger partial charge on any atom is -0.478 e. The van der Waals surface area contributed by atoms with E-state index < -0.39 is 0 Å². The second-order valence-electron chi connectivity index (χ2n) is 6.59. The largest absolute Gasteiger partial charge is 0.478 e. The van der Waals surface area contributed by atoms with Gasteiger partial charge in [-0.1, -0.05) is 6.42 Å². The molecule has 128 valence electrons. The molecule has 4 rings (SSSR count). The van der Waals surface area contributed by atoms with E-state index in [1.165, 1.54) is 30.9 Å². The van der Waals surface area contributed by atoms with Crippen LogP contribution in [-0.2, 0) is 13.0 Å². The van der Waals surface area contributed by atoms with E-state index in [0.29, 0.717) is 11.8 Å². The van der Waals surface area contributed by atoms with Gasteiger partial charge in [0.1, 0.15) is 11.6 Å². The molecule has 1 fully saturated rings. The molecule has 2 aliphatic rings. The van der Waals surface area contributed by atoms with Crippen LogP contribution >= 0.6 is 0 Å². The standard InChI is InChI=1S/C17H24N6O/c1-24-17-16(18-8-9-19-17)22-11-6-13(7-12-22)15-21-20-14-5-3-2-4-10-23(14)15/h8-9,13H,2-7,10-12H2,1H3. The van der Waals surface area contributed by atoms with Crippen LogP contribution in [0.4, 0.5) is 5.82 Å². The maximum atomic E-state index is 5.34. The van der Waals surface area contributed by atoms with Gasteiger partial charge in [0.2, 0.25) is 0 Å². The third-order valence-electron chi connectivity index (χ3n) is 5.14. The Morgan fingerprint density at radius 1 is 1.00 bits per heavy atom. The molecule has 0 saturated carbocycles. The number of aromatic nitrogens is 5. The average Bonchev–Trinajstić information content (AvgIpc) is 2.90. The van der Waals surface area contributed by atoms with Crippen molar-refractivity contribution in [3.8, 4) is 5.88 Å². The summed E-state index contributed by atoms with van der Waals surface area (Å²) >= 11 is 0. The molecule has 7 heteroatoms. The number of anilines is 1. The van der Waals surface area contributed by atoms with Gasteiger partial charge in [-0.05, 0) is 25.7 Å². The van der Waals surface area contributed by atoms with Crippen LogP contribution in [0.2, 0.25) is 0 Å². The van der Waals surface area contributed by atoms with Crippen LogP contribution in [0.1, 0.15) is 49.7 Å². The fraction of sp³-hybridized carbons (Fsp3) is 0.647. The Labute approximate surface area is 142 Å². The third-order valence-corrected chi connectivity index (χ3v) is 5.14. The van der Waals surface area contributed by atoms with Crippen LogP contribution in [-0.4, -0.2) is 44.9 Å². The molecule has 4 heterocycles. The molecule has 0 aliphatic carbocycles. The van der Waals surface area contributed by atoms with Crippen molar-refractivity contribution in [2.24, 2.45) is 0 Å². The van der Waals surface area contributed by atoms with Crippen molar-refractivity contribution in [3.63, 3.8) is 0 Å². The molecule has 7 nitrogen and oxygen atoms in total. The van der Waals surface area contributed by atoms with E-state index in [4.69, 9.17) is 4.74 Å². The number of fused-ring (bicyclic) bond motifs is 1. The smallest absolute Gasteiger partial charge is 0.257 e. The Morgan fingerprint density at radius 2 is 1.83 bits per heavy atom. The van der Waals surface area contributed by atoms with E-state index in [1.807, 2.05) is 0 Å². The van der Waals surface area contributed by atoms with Crippen molar-refractivity contribution in [2.75, 3.05) is 25.1 Å². The van der Waals surface area contributed by atoms with Gasteiger partial charge in [0.15, 0.2) is 5.82 Å². The van der Waals surface area contributed by atoms with Gasteiger partial charge in [-0.3, -0.25) is 0 Å². The molecular formula is C17H24N6O. The Kier molecular flexibility index (Phi) is 4.32. The SMILES string of the molecule is COc1nccnc1N1CCC(c2nnc3n2CCCCC3)CC1. The summed E-state index contributed by atoms with van der Waals surface area (Å²) in [4.78, 5) is 11.0. The number of methoxy groups -OCH3 is 1. The first-order valence-corrected chi connectivity index (χ1v) is 8.88. The number of hydrogen-bond donors (Lipinski definition) is 0. The predicted molar refractivity (Wildman–Crippen MR) is 90.3 cm³/mol. The van der Waals surface area contributed by atoms with Crippen LogP contribution in [0.3, 0.4) is 0 Å². The minimum absolute atomic E-state index is 0.489. The maximum Gasteiger partial charge on any atom is 0.257 e. The zero-order valence-electron chi connectivity index (χ0n) is 14.2. The first-order valence-electron chi connectivity index (χ1n) is 8.88. The molecule has 2 aromatic rings. The van der Waals surface area contributed by atoms with Gasteiger partial charge >= 0.3 is 0 Å². The summed E-state index contributed by atoms with van der Waals surface area (Å²) in [6.07, 6.45) is 10.4. The van der Waals surface area contributed by atoms with E-state index in [0.717, 1.165) is 44.7 Å². The van der Waals surface area contributed by atoms with Gasteiger partial charge in [0.25, 0.3) is 5.88 Å². The summed E-state index contributed by atoms with van der Waals surface area (Å²) < 4.78 is 7.73. The molecular weight excluding hydrogens is 304 g/mol. The van der Waals surface area contributed by atoms with Crippen LogP contribution < -0.4 is 9.64 Å². The Balaban J connectivity index is 1.48. The predicted octanol–water partition coefficient (Wildman–Crippen LogP) is 2.19. The van der Waals surface area contributed by atoms with Crippen LogP contribution in [0.5, 0.6) is 5.88 Å². The second-order valence-corrected chi connectivity index (χ2v) is 6.59. The van der Waals surface area contributed by atoms with Crippen molar-refractivity contribution >= 4 is 5.82 Å². The topological polar surface area (TPSA) is 69.0 Å². The summed E-state index contributed by atoms with van der Waals surface area (Å²) in [7, 11) is 1.64. The lowest BCUT2D eigenvalue weighted by molar-refractivity contribution is 0.390. The number of rotatable bonds is 3. The van der Waals surface area contributed by atoms with E-state index in [1.54, 1.807) is 19.5 Å². The highest BCUT2D eigenvalue weighted by Crippen LogP contribution is 2.32. The Morgan fingerprint density at radius 3 is 2.67 bits per heavy atom. The van der Waals surface area contributed by atoms with Gasteiger partial charge < -0.3 is 14.2 Å². The molecule has 0 spiro atoms. The normalized spacial score (nSPS) is 19.0. The quantitative estimate of drug-likeness (QED) is 0.860. The number of hydrogen-bond acceptors (Lipinski definition) is 6. The lowest BCUT2D eigenvalue weighted by atomic mass is 9.96. The van der Waals surface area contributed by atoms with Gasteiger partial charge in [0.05, 0.1) is 7.11 Å². The number of nitrogens with zero attached hydrogens (tertiary/aromatic N) is 6. The van der Waals surface area contributed by atoms with E-state index in [9.17, 15) is 0 Å². The first-order chi connectivity index (χ1) is 11.9. The molecule has 0 unspecified atom stereocenters. The number of aryl methyl sites for hydroxylation is 1. The lowest BCUT2D eigenvalue weighted by Crippen LogP contribution is -2.34. The summed E-state index contributed by atoms with van der Waals surface area (Å²) in [5.74, 6) is 4.31. The summed E-state index contributed by atoms with van der Waals surface area (Å²) in [5.41, 5.74) is 0. The molecule has 0 radical (unpaired) electrons. The van der Waals surface area contributed by atoms with E-state index in [2.05, 4.69) is 29.6 Å². The summed E-state index contributed by atoms with van der Waals surface area (Å²) in [6, 6.07) is 0. The van der Waals surface area contributed by atoms with Gasteiger partial charge in [-0.2, -0.15) is 0 Å². The summed E-state index contributed by atoms with van der Waals surface area (Å²) in [5, 5.41) is 8.99. The highest BCUT2D eigenvalue weighted by Gasteiger charge is 2.28. The first kappa shape index (κ1) is 15.4. The minimum atomic E-state index is 0.489. The molecule has 1 saturated heterocycles. The van der Waals surface area contributed by atoms with Gasteiger partial charge in [-0.25, -0.2) is 9.97 Å². The number of piperidine rings is 1. The van der Waals surface area contributed by atoms with Crippen molar-refractivity contribution in [1.82, 2.24) is 24.7 Å². The van der Waals surface area contributed by atoms with E-state index >= 15 is 0 Å². The zero-order valence-corrected chi connectivity index (χ0v) is 14.2. The molecule has 0 bridgehead atoms. The fourth-order valence-electron chi connectivity index (χ4n) is 3.84. The fourth-order valence-corrected chi connectivity index (χ4v) is 3.84. The van der Waals surface area contributed by atoms with Crippen LogP contribution in [0.25, 0.3) is 0 Å². The lowest BCUT2D eigenvalue weighted by Gasteiger charge is -2.32. The molecule has 0 atom stereocenters. The molecule has 2 aromatic heterocycles. The third kappa shape index (κ3) is 2.83. The van der Waals surface area contributed by atoms with E-state index in [-0.39, 0.29) is 0 Å². The average molecular weight is 328 g/mol. The van der Waals surface area contributed by atoms with Gasteiger partial charge in [0, 0.05) is 44.4 Å². The van der Waals surface area contributed by atoms with Crippen molar-refractivity contribution in [1.29, 1.82) is 0 Å². The highest BCUT2D eigenvalue weighted by molar-refractivity contribution is 5.48. The van der Waals surface area contributed by atoms with Gasteiger partial charge in [-0.15, -0.1) is 10.2 Å². The second kappa shape index (κ2) is 6.75. The highest BCUT2D eigenvalue weighted by atomic mass is 16.5. The van der Waals surface area contributed by atoms with Crippen LogP contribution in [0, 0.1) is 0 Å². The molecule has 24 heavy (non-hydrogen) atoms. The van der Waals surface area contributed by atoms with Crippen molar-refractivity contribution in [2.45, 2.75) is 51.0 Å². The Bertz CT molecular complexity index is 692. The zero-order chi connectivity index (χ0) is 16.4. The molecule has 0 N–H and O–H groups in total. The summed E-state index contributed by atoms with van der Waals surface area (Å²) in [6.45, 7) is 2.97. The molecule has 0 amide bonds. The monoisotopic (exact) mass is 328 g/mol. The van der Waals surface area contributed by atoms with Crippen molar-refractivity contribution < 1.29 is 4.74 Å². The van der Waals surface area contributed by atoms with Crippen LogP contribution in [0.15, 0.2) is 12.4 Å². The molecule has 0 aromatic carbocycles. The van der Waals surface area contributed by atoms with Crippen molar-refractivity contribution in [3.05, 3.63) is 24.0 Å². The number of ether oxygens (including phenoxy) is 1.